The van der Waals surface area contributed by atoms with Crippen LogP contribution in [-0.4, -0.2) is 18.5 Å². The molecule has 0 aromatic heterocycles. The van der Waals surface area contributed by atoms with Gasteiger partial charge in [0.2, 0.25) is 0 Å². The molecule has 0 atom stereocenters. The molecule has 0 N–H and O–H groups in total. The second kappa shape index (κ2) is 3.29. The molecule has 0 aromatic rings. The van der Waals surface area contributed by atoms with Gasteiger partial charge in [-0.2, -0.15) is 0 Å². The van der Waals surface area contributed by atoms with Crippen molar-refractivity contribution in [2.24, 2.45) is 0 Å². The number of rotatable bonds is 0. The van der Waals surface area contributed by atoms with Gasteiger partial charge >= 0.3 is 0 Å². The number of hydrogen-bond acceptors (Lipinski definition) is 1. The summed E-state index contributed by atoms with van der Waals surface area (Å²) in [6.45, 7) is 3.22. The van der Waals surface area contributed by atoms with Gasteiger partial charge in [0.1, 0.15) is 5.16 Å². The summed E-state index contributed by atoms with van der Waals surface area (Å²) in [6.07, 6.45) is 3.72. The van der Waals surface area contributed by atoms with Crippen molar-refractivity contribution in [3.05, 3.63) is 10.7 Å². The summed E-state index contributed by atoms with van der Waals surface area (Å²) in [5.74, 6) is 0. The number of hydrogen-bond donors (Lipinski definition) is 0. The fourth-order valence-corrected chi connectivity index (χ4v) is 1.45. The van der Waals surface area contributed by atoms with Gasteiger partial charge in [-0.05, 0) is 31.8 Å². The Hall–Kier alpha value is -0.170. The van der Waals surface area contributed by atoms with E-state index in [0.717, 1.165) is 11.7 Å². The van der Waals surface area contributed by atoms with Crippen LogP contribution in [0, 0.1) is 0 Å². The third-order valence-electron chi connectivity index (χ3n) is 1.98. The van der Waals surface area contributed by atoms with Crippen molar-refractivity contribution < 1.29 is 0 Å². The molecule has 1 heterocycles. The van der Waals surface area contributed by atoms with Crippen LogP contribution in [0.2, 0.25) is 0 Å². The standard InChI is InChI=1S/C8H14ClN/c1-7-5-3-4-6-10(2)8(7)9/h3-6H2,1-2H3. The number of allylic oxidation sites excluding steroid dienone is 1. The number of halogens is 1. The first-order valence-electron chi connectivity index (χ1n) is 3.78. The summed E-state index contributed by atoms with van der Waals surface area (Å²) in [6, 6.07) is 0. The van der Waals surface area contributed by atoms with E-state index in [4.69, 9.17) is 11.6 Å². The molecule has 0 saturated heterocycles. The van der Waals surface area contributed by atoms with Gasteiger partial charge in [-0.1, -0.05) is 11.6 Å². The molecule has 0 radical (unpaired) electrons. The van der Waals surface area contributed by atoms with E-state index < -0.39 is 0 Å². The van der Waals surface area contributed by atoms with Crippen molar-refractivity contribution in [3.63, 3.8) is 0 Å². The normalized spacial score (nSPS) is 21.3. The van der Waals surface area contributed by atoms with E-state index in [9.17, 15) is 0 Å². The predicted molar refractivity (Wildman–Crippen MR) is 45.0 cm³/mol. The topological polar surface area (TPSA) is 3.24 Å². The Morgan fingerprint density at radius 2 is 2.10 bits per heavy atom. The van der Waals surface area contributed by atoms with Gasteiger partial charge in [0, 0.05) is 13.6 Å². The van der Waals surface area contributed by atoms with E-state index in [0.29, 0.717) is 0 Å². The fourth-order valence-electron chi connectivity index (χ4n) is 1.27. The van der Waals surface area contributed by atoms with Gasteiger partial charge in [0.25, 0.3) is 0 Å². The Balaban J connectivity index is 2.69. The first kappa shape index (κ1) is 7.93. The van der Waals surface area contributed by atoms with E-state index >= 15 is 0 Å². The molecule has 0 fully saturated rings. The Labute approximate surface area is 67.7 Å². The van der Waals surface area contributed by atoms with Crippen LogP contribution in [0.5, 0.6) is 0 Å². The zero-order chi connectivity index (χ0) is 7.56. The SMILES string of the molecule is CC1=C(Cl)N(C)CCCC1. The largest absolute Gasteiger partial charge is 0.365 e. The van der Waals surface area contributed by atoms with Crippen LogP contribution in [0.1, 0.15) is 26.2 Å². The lowest BCUT2D eigenvalue weighted by Gasteiger charge is -2.16. The highest BCUT2D eigenvalue weighted by Gasteiger charge is 2.09. The van der Waals surface area contributed by atoms with Crippen LogP contribution >= 0.6 is 11.6 Å². The molecular formula is C8H14ClN. The highest BCUT2D eigenvalue weighted by Crippen LogP contribution is 2.22. The minimum absolute atomic E-state index is 0.956. The third-order valence-corrected chi connectivity index (χ3v) is 2.59. The molecule has 0 amide bonds. The Morgan fingerprint density at radius 1 is 1.40 bits per heavy atom. The van der Waals surface area contributed by atoms with Crippen LogP contribution in [0.25, 0.3) is 0 Å². The molecule has 0 aromatic carbocycles. The Morgan fingerprint density at radius 3 is 2.80 bits per heavy atom. The highest BCUT2D eigenvalue weighted by molar-refractivity contribution is 6.29. The second-order valence-electron chi connectivity index (χ2n) is 2.95. The van der Waals surface area contributed by atoms with E-state index in [1.165, 1.54) is 24.8 Å². The van der Waals surface area contributed by atoms with Crippen LogP contribution in [0.15, 0.2) is 10.7 Å². The molecule has 10 heavy (non-hydrogen) atoms. The Bertz CT molecular complexity index is 151. The van der Waals surface area contributed by atoms with E-state index in [2.05, 4.69) is 18.9 Å². The van der Waals surface area contributed by atoms with E-state index in [1.807, 2.05) is 0 Å². The van der Waals surface area contributed by atoms with Crippen LogP contribution in [0.3, 0.4) is 0 Å². The molecule has 1 aliphatic rings. The van der Waals surface area contributed by atoms with E-state index in [-0.39, 0.29) is 0 Å². The lowest BCUT2D eigenvalue weighted by molar-refractivity contribution is 0.437. The fraction of sp³-hybridized carbons (Fsp3) is 0.750. The summed E-state index contributed by atoms with van der Waals surface area (Å²) >= 11 is 6.03. The van der Waals surface area contributed by atoms with Crippen molar-refractivity contribution in [1.82, 2.24) is 4.90 Å². The second-order valence-corrected chi connectivity index (χ2v) is 3.31. The highest BCUT2D eigenvalue weighted by atomic mass is 35.5. The molecule has 0 bridgehead atoms. The average Bonchev–Trinajstić information content (AvgIpc) is 2.04. The van der Waals surface area contributed by atoms with Gasteiger partial charge < -0.3 is 4.90 Å². The van der Waals surface area contributed by atoms with Crippen molar-refractivity contribution in [3.8, 4) is 0 Å². The summed E-state index contributed by atoms with van der Waals surface area (Å²) in [5, 5.41) is 0.956. The van der Waals surface area contributed by atoms with Crippen molar-refractivity contribution in [2.75, 3.05) is 13.6 Å². The molecule has 0 unspecified atom stereocenters. The van der Waals surface area contributed by atoms with Crippen molar-refractivity contribution >= 4 is 11.6 Å². The lowest BCUT2D eigenvalue weighted by Crippen LogP contribution is -2.14. The average molecular weight is 160 g/mol. The molecule has 58 valence electrons. The maximum Gasteiger partial charge on any atom is 0.103 e. The van der Waals surface area contributed by atoms with Gasteiger partial charge in [-0.25, -0.2) is 0 Å². The predicted octanol–water partition coefficient (Wildman–Crippen LogP) is 2.57. The third kappa shape index (κ3) is 1.66. The molecule has 1 aliphatic heterocycles. The van der Waals surface area contributed by atoms with Crippen molar-refractivity contribution in [2.45, 2.75) is 26.2 Å². The summed E-state index contributed by atoms with van der Waals surface area (Å²) in [7, 11) is 2.05. The van der Waals surface area contributed by atoms with Crippen LogP contribution in [-0.2, 0) is 0 Å². The molecule has 0 spiro atoms. The first-order chi connectivity index (χ1) is 4.72. The minimum atomic E-state index is 0.956. The van der Waals surface area contributed by atoms with Gasteiger partial charge in [-0.3, -0.25) is 0 Å². The molecule has 0 saturated carbocycles. The molecule has 2 heteroatoms. The smallest absolute Gasteiger partial charge is 0.103 e. The zero-order valence-corrected chi connectivity index (χ0v) is 7.41. The van der Waals surface area contributed by atoms with Crippen LogP contribution in [0.4, 0.5) is 0 Å². The Kier molecular flexibility index (Phi) is 2.61. The summed E-state index contributed by atoms with van der Waals surface area (Å²) in [5.41, 5.74) is 1.33. The van der Waals surface area contributed by atoms with Crippen molar-refractivity contribution in [1.29, 1.82) is 0 Å². The lowest BCUT2D eigenvalue weighted by atomic mass is 10.2. The maximum absolute atomic E-state index is 6.03. The van der Waals surface area contributed by atoms with Gasteiger partial charge in [0.05, 0.1) is 0 Å². The minimum Gasteiger partial charge on any atom is -0.365 e. The number of nitrogens with zero attached hydrogens (tertiary/aromatic N) is 1. The molecule has 1 nitrogen and oxygen atoms in total. The van der Waals surface area contributed by atoms with E-state index in [1.54, 1.807) is 0 Å². The summed E-state index contributed by atoms with van der Waals surface area (Å²) in [4.78, 5) is 2.13. The zero-order valence-electron chi connectivity index (χ0n) is 6.65. The summed E-state index contributed by atoms with van der Waals surface area (Å²) < 4.78 is 0. The molecule has 1 rings (SSSR count). The molecular weight excluding hydrogens is 146 g/mol. The molecule has 0 aliphatic carbocycles. The maximum atomic E-state index is 6.03. The quantitative estimate of drug-likeness (QED) is 0.491. The van der Waals surface area contributed by atoms with Gasteiger partial charge in [0.15, 0.2) is 0 Å². The first-order valence-corrected chi connectivity index (χ1v) is 4.16. The van der Waals surface area contributed by atoms with Gasteiger partial charge in [-0.15, -0.1) is 0 Å². The monoisotopic (exact) mass is 159 g/mol. The van der Waals surface area contributed by atoms with Crippen LogP contribution < -0.4 is 0 Å².